The van der Waals surface area contributed by atoms with Gasteiger partial charge in [0.1, 0.15) is 11.9 Å². The van der Waals surface area contributed by atoms with Gasteiger partial charge in [-0.3, -0.25) is 9.69 Å². The van der Waals surface area contributed by atoms with Crippen LogP contribution in [0, 0.1) is 0 Å². The maximum Gasteiger partial charge on any atom is 0.320 e. The summed E-state index contributed by atoms with van der Waals surface area (Å²) >= 11 is 0. The predicted octanol–water partition coefficient (Wildman–Crippen LogP) is 1.23. The van der Waals surface area contributed by atoms with Crippen molar-refractivity contribution < 1.29 is 9.90 Å². The summed E-state index contributed by atoms with van der Waals surface area (Å²) < 4.78 is 2.07. The van der Waals surface area contributed by atoms with Crippen LogP contribution in [0.1, 0.15) is 12.7 Å². The summed E-state index contributed by atoms with van der Waals surface area (Å²) in [4.78, 5) is 13.0. The van der Waals surface area contributed by atoms with E-state index in [0.717, 1.165) is 17.2 Å². The number of fused-ring (bicyclic) bond motifs is 1. The molecule has 0 bridgehead atoms. The van der Waals surface area contributed by atoms with E-state index in [1.807, 2.05) is 35.2 Å². The van der Waals surface area contributed by atoms with Gasteiger partial charge in [0.05, 0.1) is 6.54 Å². The van der Waals surface area contributed by atoms with Gasteiger partial charge in [0.2, 0.25) is 0 Å². The molecule has 104 valence electrons. The molecule has 0 aliphatic carbocycles. The Labute approximate surface area is 116 Å². The van der Waals surface area contributed by atoms with Crippen LogP contribution in [0.25, 0.3) is 11.4 Å². The molecule has 1 aliphatic rings. The van der Waals surface area contributed by atoms with Crippen molar-refractivity contribution in [2.45, 2.75) is 26.1 Å². The molecule has 6 heteroatoms. The van der Waals surface area contributed by atoms with Crippen LogP contribution in [0.15, 0.2) is 30.3 Å². The van der Waals surface area contributed by atoms with Gasteiger partial charge < -0.3 is 9.67 Å². The third kappa shape index (κ3) is 2.18. The van der Waals surface area contributed by atoms with Gasteiger partial charge in [-0.2, -0.15) is 0 Å². The summed E-state index contributed by atoms with van der Waals surface area (Å²) in [6, 6.07) is 9.41. The first kappa shape index (κ1) is 12.8. The van der Waals surface area contributed by atoms with Crippen molar-refractivity contribution in [1.82, 2.24) is 19.7 Å². The molecule has 1 aliphatic heterocycles. The molecule has 6 nitrogen and oxygen atoms in total. The van der Waals surface area contributed by atoms with Crippen LogP contribution in [0.5, 0.6) is 0 Å². The maximum atomic E-state index is 11.1. The topological polar surface area (TPSA) is 71.2 Å². The van der Waals surface area contributed by atoms with Crippen molar-refractivity contribution in [2.75, 3.05) is 6.54 Å². The number of carboxylic acid groups (broad SMARTS) is 1. The van der Waals surface area contributed by atoms with Gasteiger partial charge in [-0.05, 0) is 6.92 Å². The number of benzene rings is 1. The molecule has 0 saturated heterocycles. The normalized spacial score (nSPS) is 16.6. The number of hydrogen-bond acceptors (Lipinski definition) is 4. The highest BCUT2D eigenvalue weighted by atomic mass is 16.4. The van der Waals surface area contributed by atoms with Crippen molar-refractivity contribution >= 4 is 5.97 Å². The Balaban J connectivity index is 1.87. The first-order valence-corrected chi connectivity index (χ1v) is 6.61. The number of carbonyl (C=O) groups is 1. The Bertz CT molecular complexity index is 623. The molecule has 1 aromatic carbocycles. The number of rotatable bonds is 3. The van der Waals surface area contributed by atoms with Crippen molar-refractivity contribution in [2.24, 2.45) is 0 Å². The number of nitrogens with zero attached hydrogens (tertiary/aromatic N) is 4. The van der Waals surface area contributed by atoms with E-state index in [0.29, 0.717) is 19.6 Å². The second-order valence-corrected chi connectivity index (χ2v) is 4.94. The molecular weight excluding hydrogens is 256 g/mol. The van der Waals surface area contributed by atoms with Crippen LogP contribution >= 0.6 is 0 Å². The molecular formula is C14H16N4O2. The standard InChI is InChI=1S/C14H16N4O2/c1-10(14(19)20)17-7-8-18-12(9-17)15-16-13(18)11-5-3-2-4-6-11/h2-6,10H,7-9H2,1H3,(H,19,20). The van der Waals surface area contributed by atoms with E-state index in [2.05, 4.69) is 14.8 Å². The SMILES string of the molecule is CC(C(=O)O)N1CCn2c(nnc2-c2ccccc2)C1. The van der Waals surface area contributed by atoms with Crippen molar-refractivity contribution in [1.29, 1.82) is 0 Å². The molecule has 0 fully saturated rings. The summed E-state index contributed by atoms with van der Waals surface area (Å²) in [5, 5.41) is 17.5. The Morgan fingerprint density at radius 3 is 2.70 bits per heavy atom. The molecule has 3 rings (SSSR count). The Morgan fingerprint density at radius 2 is 2.00 bits per heavy atom. The molecule has 2 aromatic rings. The molecule has 0 amide bonds. The van der Waals surface area contributed by atoms with Crippen molar-refractivity contribution in [3.63, 3.8) is 0 Å². The molecule has 20 heavy (non-hydrogen) atoms. The molecule has 0 spiro atoms. The first-order chi connectivity index (χ1) is 9.66. The van der Waals surface area contributed by atoms with E-state index in [-0.39, 0.29) is 0 Å². The molecule has 0 saturated carbocycles. The quantitative estimate of drug-likeness (QED) is 0.910. The summed E-state index contributed by atoms with van der Waals surface area (Å²) in [6.07, 6.45) is 0. The number of hydrogen-bond donors (Lipinski definition) is 1. The van der Waals surface area contributed by atoms with Crippen LogP contribution in [0.2, 0.25) is 0 Å². The van der Waals surface area contributed by atoms with Crippen LogP contribution in [-0.2, 0) is 17.9 Å². The lowest BCUT2D eigenvalue weighted by atomic mass is 10.2. The summed E-state index contributed by atoms with van der Waals surface area (Å²) in [6.45, 7) is 3.63. The predicted molar refractivity (Wildman–Crippen MR) is 73.0 cm³/mol. The number of aliphatic carboxylic acids is 1. The lowest BCUT2D eigenvalue weighted by molar-refractivity contribution is -0.143. The number of carboxylic acids is 1. The third-order valence-corrected chi connectivity index (χ3v) is 3.72. The summed E-state index contributed by atoms with van der Waals surface area (Å²) in [5.74, 6) is 0.868. The maximum absolute atomic E-state index is 11.1. The zero-order chi connectivity index (χ0) is 14.1. The van der Waals surface area contributed by atoms with Crippen LogP contribution in [0.4, 0.5) is 0 Å². The highest BCUT2D eigenvalue weighted by molar-refractivity contribution is 5.72. The Hall–Kier alpha value is -2.21. The zero-order valence-electron chi connectivity index (χ0n) is 11.2. The molecule has 1 aromatic heterocycles. The summed E-state index contributed by atoms with van der Waals surface area (Å²) in [7, 11) is 0. The van der Waals surface area contributed by atoms with Gasteiger partial charge in [-0.1, -0.05) is 30.3 Å². The second kappa shape index (κ2) is 5.05. The molecule has 2 heterocycles. The average Bonchev–Trinajstić information content (AvgIpc) is 2.90. The van der Waals surface area contributed by atoms with E-state index in [4.69, 9.17) is 5.11 Å². The minimum absolute atomic E-state index is 0.499. The van der Waals surface area contributed by atoms with E-state index in [1.54, 1.807) is 6.92 Å². The Kier molecular flexibility index (Phi) is 3.23. The minimum atomic E-state index is -0.804. The second-order valence-electron chi connectivity index (χ2n) is 4.94. The fourth-order valence-corrected chi connectivity index (χ4v) is 2.46. The fourth-order valence-electron chi connectivity index (χ4n) is 2.46. The van der Waals surface area contributed by atoms with Crippen LogP contribution in [0.3, 0.4) is 0 Å². The highest BCUT2D eigenvalue weighted by Crippen LogP contribution is 2.22. The Morgan fingerprint density at radius 1 is 1.25 bits per heavy atom. The van der Waals surface area contributed by atoms with Gasteiger partial charge in [0, 0.05) is 18.7 Å². The van der Waals surface area contributed by atoms with Gasteiger partial charge >= 0.3 is 5.97 Å². The van der Waals surface area contributed by atoms with Gasteiger partial charge in [0.25, 0.3) is 0 Å². The zero-order valence-corrected chi connectivity index (χ0v) is 11.2. The largest absolute Gasteiger partial charge is 0.480 e. The molecule has 1 N–H and O–H groups in total. The molecule has 0 radical (unpaired) electrons. The molecule has 1 atom stereocenters. The highest BCUT2D eigenvalue weighted by Gasteiger charge is 2.27. The molecule has 1 unspecified atom stereocenters. The van der Waals surface area contributed by atoms with E-state index < -0.39 is 12.0 Å². The minimum Gasteiger partial charge on any atom is -0.480 e. The smallest absolute Gasteiger partial charge is 0.320 e. The monoisotopic (exact) mass is 272 g/mol. The third-order valence-electron chi connectivity index (χ3n) is 3.72. The fraction of sp³-hybridized carbons (Fsp3) is 0.357. The van der Waals surface area contributed by atoms with Gasteiger partial charge in [0.15, 0.2) is 5.82 Å². The lowest BCUT2D eigenvalue weighted by Crippen LogP contribution is -2.43. The van der Waals surface area contributed by atoms with Crippen molar-refractivity contribution in [3.8, 4) is 11.4 Å². The lowest BCUT2D eigenvalue weighted by Gasteiger charge is -2.30. The van der Waals surface area contributed by atoms with E-state index in [9.17, 15) is 4.79 Å². The number of aromatic nitrogens is 3. The average molecular weight is 272 g/mol. The van der Waals surface area contributed by atoms with Crippen LogP contribution < -0.4 is 0 Å². The first-order valence-electron chi connectivity index (χ1n) is 6.61. The van der Waals surface area contributed by atoms with E-state index in [1.165, 1.54) is 0 Å². The van der Waals surface area contributed by atoms with Crippen LogP contribution in [-0.4, -0.2) is 43.3 Å². The van der Waals surface area contributed by atoms with Gasteiger partial charge in [-0.25, -0.2) is 0 Å². The van der Waals surface area contributed by atoms with E-state index >= 15 is 0 Å². The van der Waals surface area contributed by atoms with Crippen molar-refractivity contribution in [3.05, 3.63) is 36.2 Å². The van der Waals surface area contributed by atoms with Gasteiger partial charge in [-0.15, -0.1) is 10.2 Å². The summed E-state index contributed by atoms with van der Waals surface area (Å²) in [5.41, 5.74) is 1.03.